The molecule has 0 N–H and O–H groups in total. The van der Waals surface area contributed by atoms with Crippen LogP contribution in [0, 0.1) is 0 Å². The van der Waals surface area contributed by atoms with Crippen LogP contribution >= 0.6 is 0 Å². The third-order valence-electron chi connectivity index (χ3n) is 3.36. The molecule has 1 aromatic rings. The Morgan fingerprint density at radius 3 is 2.60 bits per heavy atom. The van der Waals surface area contributed by atoms with Crippen LogP contribution in [0.4, 0.5) is 8.78 Å². The fraction of sp³-hybridized carbons (Fsp3) is 0.412. The van der Waals surface area contributed by atoms with E-state index >= 15 is 0 Å². The van der Waals surface area contributed by atoms with Gasteiger partial charge < -0.3 is 4.74 Å². The van der Waals surface area contributed by atoms with Gasteiger partial charge in [-0.2, -0.15) is 0 Å². The molecule has 108 valence electrons. The second-order valence-electron chi connectivity index (χ2n) is 5.04. The van der Waals surface area contributed by atoms with Crippen LogP contribution in [0.25, 0.3) is 5.57 Å². The zero-order valence-electron chi connectivity index (χ0n) is 11.7. The summed E-state index contributed by atoms with van der Waals surface area (Å²) in [7, 11) is 0. The normalized spacial score (nSPS) is 22.4. The lowest BCUT2D eigenvalue weighted by Gasteiger charge is -2.25. The predicted molar refractivity (Wildman–Crippen MR) is 77.5 cm³/mol. The van der Waals surface area contributed by atoms with E-state index in [1.807, 2.05) is 30.3 Å². The smallest absolute Gasteiger partial charge is 0.235 e. The Morgan fingerprint density at radius 2 is 1.95 bits per heavy atom. The van der Waals surface area contributed by atoms with Crippen LogP contribution in [-0.2, 0) is 4.74 Å². The minimum Gasteiger partial charge on any atom is -0.342 e. The van der Waals surface area contributed by atoms with Crippen LogP contribution in [0.15, 0.2) is 48.3 Å². The standard InChI is InChI=1S/C17H20F2O/c1-2-3-7-12-20-17(19)11-10-15(16(18)13-17)14-8-5-4-6-9-14/h4-6,8-11H,2-3,7,12-13H2,1H3. The van der Waals surface area contributed by atoms with Gasteiger partial charge in [0, 0.05) is 5.57 Å². The molecule has 0 saturated carbocycles. The highest BCUT2D eigenvalue weighted by atomic mass is 19.2. The molecule has 1 nitrogen and oxygen atoms in total. The van der Waals surface area contributed by atoms with Gasteiger partial charge in [-0.3, -0.25) is 0 Å². The van der Waals surface area contributed by atoms with Crippen molar-refractivity contribution in [3.05, 3.63) is 53.9 Å². The monoisotopic (exact) mass is 278 g/mol. The Hall–Kier alpha value is -1.48. The van der Waals surface area contributed by atoms with Gasteiger partial charge in [-0.1, -0.05) is 56.2 Å². The van der Waals surface area contributed by atoms with E-state index in [9.17, 15) is 8.78 Å². The molecule has 0 heterocycles. The van der Waals surface area contributed by atoms with E-state index in [0.29, 0.717) is 12.2 Å². The average Bonchev–Trinajstić information content (AvgIpc) is 2.45. The van der Waals surface area contributed by atoms with Crippen molar-refractivity contribution >= 4 is 5.57 Å². The van der Waals surface area contributed by atoms with E-state index < -0.39 is 11.7 Å². The molecule has 1 aliphatic carbocycles. The zero-order chi connectivity index (χ0) is 14.4. The van der Waals surface area contributed by atoms with E-state index in [-0.39, 0.29) is 6.42 Å². The number of allylic oxidation sites excluding steroid dienone is 2. The molecule has 1 atom stereocenters. The number of hydrogen-bond acceptors (Lipinski definition) is 1. The summed E-state index contributed by atoms with van der Waals surface area (Å²) in [6, 6.07) is 9.16. The molecule has 0 radical (unpaired) electrons. The average molecular weight is 278 g/mol. The van der Waals surface area contributed by atoms with E-state index in [0.717, 1.165) is 24.8 Å². The maximum absolute atomic E-state index is 14.4. The Balaban J connectivity index is 2.01. The third kappa shape index (κ3) is 3.76. The number of hydrogen-bond donors (Lipinski definition) is 0. The molecule has 0 aliphatic heterocycles. The van der Waals surface area contributed by atoms with Crippen LogP contribution in [0.1, 0.15) is 38.2 Å². The second-order valence-corrected chi connectivity index (χ2v) is 5.04. The van der Waals surface area contributed by atoms with Gasteiger partial charge in [0.15, 0.2) is 0 Å². The highest BCUT2D eigenvalue weighted by Gasteiger charge is 2.33. The van der Waals surface area contributed by atoms with E-state index in [1.54, 1.807) is 0 Å². The van der Waals surface area contributed by atoms with Gasteiger partial charge in [0.25, 0.3) is 0 Å². The molecule has 1 unspecified atom stereocenters. The third-order valence-corrected chi connectivity index (χ3v) is 3.36. The summed E-state index contributed by atoms with van der Waals surface area (Å²) in [6.07, 6.45) is 5.30. The fourth-order valence-corrected chi connectivity index (χ4v) is 2.23. The fourth-order valence-electron chi connectivity index (χ4n) is 2.23. The number of ether oxygens (including phenoxy) is 1. The first-order chi connectivity index (χ1) is 9.64. The van der Waals surface area contributed by atoms with Gasteiger partial charge in [-0.15, -0.1) is 0 Å². The van der Waals surface area contributed by atoms with Gasteiger partial charge in [-0.25, -0.2) is 8.78 Å². The molecule has 0 fully saturated rings. The highest BCUT2D eigenvalue weighted by molar-refractivity contribution is 5.76. The molecule has 2 rings (SSSR count). The lowest BCUT2D eigenvalue weighted by molar-refractivity contribution is -0.109. The molecule has 0 aromatic heterocycles. The SMILES string of the molecule is CCCCCOC1(F)C=CC(c2ccccc2)=C(F)C1. The van der Waals surface area contributed by atoms with Gasteiger partial charge in [0.2, 0.25) is 5.85 Å². The molecule has 1 aromatic carbocycles. The minimum absolute atomic E-state index is 0.322. The number of alkyl halides is 1. The van der Waals surface area contributed by atoms with E-state index in [4.69, 9.17) is 4.74 Å². The van der Waals surface area contributed by atoms with E-state index in [1.165, 1.54) is 12.2 Å². The summed E-state index contributed by atoms with van der Waals surface area (Å²) >= 11 is 0. The molecule has 1 aliphatic rings. The molecule has 3 heteroatoms. The van der Waals surface area contributed by atoms with Crippen LogP contribution in [0.2, 0.25) is 0 Å². The first-order valence-electron chi connectivity index (χ1n) is 7.11. The summed E-state index contributed by atoms with van der Waals surface area (Å²) in [5, 5.41) is 0. The predicted octanol–water partition coefficient (Wildman–Crippen LogP) is 5.20. The Kier molecular flexibility index (Phi) is 5.07. The van der Waals surface area contributed by atoms with Crippen molar-refractivity contribution in [3.63, 3.8) is 0 Å². The molecule has 0 spiro atoms. The number of benzene rings is 1. The summed E-state index contributed by atoms with van der Waals surface area (Å²) < 4.78 is 33.7. The topological polar surface area (TPSA) is 9.23 Å². The van der Waals surface area contributed by atoms with Crippen molar-refractivity contribution in [3.8, 4) is 0 Å². The van der Waals surface area contributed by atoms with Crippen LogP contribution < -0.4 is 0 Å². The lowest BCUT2D eigenvalue weighted by Crippen LogP contribution is -2.27. The first kappa shape index (κ1) is 14.9. The van der Waals surface area contributed by atoms with Crippen molar-refractivity contribution in [1.29, 1.82) is 0 Å². The van der Waals surface area contributed by atoms with Crippen LogP contribution in [0.3, 0.4) is 0 Å². The molecule has 0 amide bonds. The van der Waals surface area contributed by atoms with Crippen molar-refractivity contribution in [2.24, 2.45) is 0 Å². The molecule has 20 heavy (non-hydrogen) atoms. The Labute approximate surface area is 119 Å². The van der Waals surface area contributed by atoms with Gasteiger partial charge in [0.1, 0.15) is 5.83 Å². The van der Waals surface area contributed by atoms with Crippen molar-refractivity contribution in [2.45, 2.75) is 38.5 Å². The molecule has 0 saturated heterocycles. The molecule has 0 bridgehead atoms. The Morgan fingerprint density at radius 1 is 1.20 bits per heavy atom. The minimum atomic E-state index is -2.00. The van der Waals surface area contributed by atoms with Gasteiger partial charge >= 0.3 is 0 Å². The van der Waals surface area contributed by atoms with Crippen LogP contribution in [-0.4, -0.2) is 12.5 Å². The van der Waals surface area contributed by atoms with Gasteiger partial charge in [-0.05, 0) is 18.1 Å². The quantitative estimate of drug-likeness (QED) is 0.650. The summed E-state index contributed by atoms with van der Waals surface area (Å²) in [5.41, 5.74) is 1.20. The van der Waals surface area contributed by atoms with Gasteiger partial charge in [0.05, 0.1) is 13.0 Å². The summed E-state index contributed by atoms with van der Waals surface area (Å²) in [5.74, 6) is -2.47. The largest absolute Gasteiger partial charge is 0.342 e. The Bertz CT molecular complexity index is 493. The highest BCUT2D eigenvalue weighted by Crippen LogP contribution is 2.36. The van der Waals surface area contributed by atoms with Crippen LogP contribution in [0.5, 0.6) is 0 Å². The van der Waals surface area contributed by atoms with Crippen molar-refractivity contribution in [2.75, 3.05) is 6.61 Å². The maximum Gasteiger partial charge on any atom is 0.235 e. The van der Waals surface area contributed by atoms with Crippen molar-refractivity contribution in [1.82, 2.24) is 0 Å². The zero-order valence-corrected chi connectivity index (χ0v) is 11.7. The summed E-state index contributed by atoms with van der Waals surface area (Å²) in [6.45, 7) is 2.39. The lowest BCUT2D eigenvalue weighted by atomic mass is 9.96. The molecular weight excluding hydrogens is 258 g/mol. The second kappa shape index (κ2) is 6.80. The van der Waals surface area contributed by atoms with Crippen molar-refractivity contribution < 1.29 is 13.5 Å². The number of unbranched alkanes of at least 4 members (excludes halogenated alkanes) is 2. The first-order valence-corrected chi connectivity index (χ1v) is 7.11. The number of halogens is 2. The molecular formula is C17H20F2O. The van der Waals surface area contributed by atoms with E-state index in [2.05, 4.69) is 6.92 Å². The maximum atomic E-state index is 14.4. The summed E-state index contributed by atoms with van der Waals surface area (Å²) in [4.78, 5) is 0. The number of rotatable bonds is 6.